The van der Waals surface area contributed by atoms with Crippen LogP contribution in [0, 0.1) is 5.41 Å². The first-order valence-corrected chi connectivity index (χ1v) is 12.6. The predicted molar refractivity (Wildman–Crippen MR) is 138 cm³/mol. The van der Waals surface area contributed by atoms with Crippen LogP contribution in [0.25, 0.3) is 10.8 Å². The van der Waals surface area contributed by atoms with Crippen LogP contribution in [-0.4, -0.2) is 29.9 Å². The Morgan fingerprint density at radius 3 is 2.23 bits per heavy atom. The fourth-order valence-corrected chi connectivity index (χ4v) is 6.02. The Kier molecular flexibility index (Phi) is 6.27. The molecule has 5 heteroatoms. The Hall–Kier alpha value is -3.70. The molecule has 0 heterocycles. The molecular formula is C30H24O4S. The highest BCUT2D eigenvalue weighted by molar-refractivity contribution is 7.99. The van der Waals surface area contributed by atoms with Gasteiger partial charge in [-0.05, 0) is 35.4 Å². The molecule has 4 aromatic rings. The number of benzene rings is 4. The third kappa shape index (κ3) is 3.96. The number of hydrogen-bond acceptors (Lipinski definition) is 5. The van der Waals surface area contributed by atoms with Crippen LogP contribution < -0.4 is 0 Å². The summed E-state index contributed by atoms with van der Waals surface area (Å²) < 4.78 is 5.52. The van der Waals surface area contributed by atoms with Crippen molar-refractivity contribution in [1.82, 2.24) is 0 Å². The van der Waals surface area contributed by atoms with Gasteiger partial charge in [0, 0.05) is 21.8 Å². The van der Waals surface area contributed by atoms with Gasteiger partial charge in [-0.15, -0.1) is 11.8 Å². The zero-order valence-corrected chi connectivity index (χ0v) is 20.1. The molecular weight excluding hydrogens is 456 g/mol. The van der Waals surface area contributed by atoms with E-state index in [9.17, 15) is 14.4 Å². The second kappa shape index (κ2) is 9.51. The van der Waals surface area contributed by atoms with E-state index in [1.54, 1.807) is 31.2 Å². The van der Waals surface area contributed by atoms with Crippen molar-refractivity contribution in [3.63, 3.8) is 0 Å². The molecule has 0 spiro atoms. The molecule has 0 bridgehead atoms. The van der Waals surface area contributed by atoms with Crippen molar-refractivity contribution in [3.8, 4) is 0 Å². The molecule has 0 aliphatic heterocycles. The standard InChI is InChI=1S/C30H24O4S/c1-2-34-29(33)30(19-35-23-12-4-3-5-13-23)26(22-17-16-20-10-6-7-11-21(20)18-22)27(31)24-14-8-9-15-25(24)28(30)32/h3-18,26H,2,19H2,1H3/t26-,30+/m1/s1. The Balaban J connectivity index is 1.73. The van der Waals surface area contributed by atoms with E-state index in [1.165, 1.54) is 11.8 Å². The number of ketones is 2. The third-order valence-corrected chi connectivity index (χ3v) is 7.76. The van der Waals surface area contributed by atoms with Crippen molar-refractivity contribution in [3.05, 3.63) is 114 Å². The average molecular weight is 481 g/mol. The number of Topliss-reactive ketones (excluding diaryl/α,β-unsaturated/α-hetero) is 2. The second-order valence-electron chi connectivity index (χ2n) is 8.57. The van der Waals surface area contributed by atoms with Crippen LogP contribution in [0.5, 0.6) is 0 Å². The maximum Gasteiger partial charge on any atom is 0.321 e. The molecule has 0 unspecified atom stereocenters. The molecule has 1 aliphatic rings. The normalized spacial score (nSPS) is 19.4. The molecule has 4 nitrogen and oxygen atoms in total. The second-order valence-corrected chi connectivity index (χ2v) is 9.62. The van der Waals surface area contributed by atoms with Gasteiger partial charge in [0.05, 0.1) is 12.5 Å². The summed E-state index contributed by atoms with van der Waals surface area (Å²) in [6, 6.07) is 29.9. The third-order valence-electron chi connectivity index (χ3n) is 6.55. The molecule has 0 saturated heterocycles. The van der Waals surface area contributed by atoms with Crippen molar-refractivity contribution < 1.29 is 19.1 Å². The Labute approximate surface area is 208 Å². The van der Waals surface area contributed by atoms with Gasteiger partial charge < -0.3 is 4.74 Å². The fraction of sp³-hybridized carbons (Fsp3) is 0.167. The molecule has 35 heavy (non-hydrogen) atoms. The zero-order valence-electron chi connectivity index (χ0n) is 19.3. The average Bonchev–Trinajstić information content (AvgIpc) is 2.90. The van der Waals surface area contributed by atoms with Crippen LogP contribution in [-0.2, 0) is 9.53 Å². The van der Waals surface area contributed by atoms with Crippen LogP contribution in [0.3, 0.4) is 0 Å². The fourth-order valence-electron chi connectivity index (χ4n) is 4.86. The summed E-state index contributed by atoms with van der Waals surface area (Å²) in [6.07, 6.45) is 0. The van der Waals surface area contributed by atoms with Gasteiger partial charge in [0.2, 0.25) is 0 Å². The smallest absolute Gasteiger partial charge is 0.321 e. The maximum absolute atomic E-state index is 14.2. The summed E-state index contributed by atoms with van der Waals surface area (Å²) in [7, 11) is 0. The lowest BCUT2D eigenvalue weighted by Crippen LogP contribution is -2.53. The molecule has 1 aliphatic carbocycles. The molecule has 0 radical (unpaired) electrons. The van der Waals surface area contributed by atoms with Crippen molar-refractivity contribution >= 4 is 40.1 Å². The minimum Gasteiger partial charge on any atom is -0.465 e. The summed E-state index contributed by atoms with van der Waals surface area (Å²) in [5.74, 6) is -2.17. The number of esters is 1. The zero-order chi connectivity index (χ0) is 24.4. The number of ether oxygens (including phenoxy) is 1. The molecule has 4 aromatic carbocycles. The molecule has 0 fully saturated rings. The minimum absolute atomic E-state index is 0.0895. The minimum atomic E-state index is -1.69. The lowest BCUT2D eigenvalue weighted by molar-refractivity contribution is -0.151. The number of rotatable bonds is 6. The topological polar surface area (TPSA) is 60.4 Å². The summed E-state index contributed by atoms with van der Waals surface area (Å²) in [5, 5.41) is 1.96. The number of carbonyl (C=O) groups is 3. The molecule has 2 atom stereocenters. The summed E-state index contributed by atoms with van der Waals surface area (Å²) in [5.41, 5.74) is -0.431. The molecule has 0 N–H and O–H groups in total. The molecule has 0 aromatic heterocycles. The summed E-state index contributed by atoms with van der Waals surface area (Å²) in [6.45, 7) is 1.83. The van der Waals surface area contributed by atoms with Gasteiger partial charge in [0.1, 0.15) is 0 Å². The van der Waals surface area contributed by atoms with Crippen LogP contribution in [0.4, 0.5) is 0 Å². The van der Waals surface area contributed by atoms with Crippen LogP contribution >= 0.6 is 11.8 Å². The van der Waals surface area contributed by atoms with Gasteiger partial charge in [-0.2, -0.15) is 0 Å². The van der Waals surface area contributed by atoms with Crippen molar-refractivity contribution in [2.45, 2.75) is 17.7 Å². The van der Waals surface area contributed by atoms with Gasteiger partial charge in [0.25, 0.3) is 0 Å². The van der Waals surface area contributed by atoms with E-state index in [0.29, 0.717) is 11.1 Å². The monoisotopic (exact) mass is 480 g/mol. The van der Waals surface area contributed by atoms with Crippen LogP contribution in [0.1, 0.15) is 39.1 Å². The van der Waals surface area contributed by atoms with Gasteiger partial charge in [-0.1, -0.05) is 84.9 Å². The van der Waals surface area contributed by atoms with Gasteiger partial charge >= 0.3 is 5.97 Å². The van der Waals surface area contributed by atoms with E-state index < -0.39 is 17.3 Å². The number of hydrogen-bond donors (Lipinski definition) is 0. The Morgan fingerprint density at radius 1 is 0.829 bits per heavy atom. The van der Waals surface area contributed by atoms with Crippen LogP contribution in [0.15, 0.2) is 102 Å². The number of fused-ring (bicyclic) bond motifs is 2. The van der Waals surface area contributed by atoms with Crippen molar-refractivity contribution in [1.29, 1.82) is 0 Å². The van der Waals surface area contributed by atoms with E-state index in [4.69, 9.17) is 4.74 Å². The Bertz CT molecular complexity index is 1430. The summed E-state index contributed by atoms with van der Waals surface area (Å²) >= 11 is 1.39. The molecule has 174 valence electrons. The molecule has 0 amide bonds. The SMILES string of the molecule is CCOC(=O)[C@]1(CSc2ccccc2)C(=O)c2ccccc2C(=O)[C@H]1c1ccc2ccccc2c1. The first-order valence-electron chi connectivity index (χ1n) is 11.6. The molecule has 5 rings (SSSR count). The first kappa shape index (κ1) is 23.1. The van der Waals surface area contributed by atoms with Crippen molar-refractivity contribution in [2.75, 3.05) is 12.4 Å². The van der Waals surface area contributed by atoms with E-state index in [-0.39, 0.29) is 29.5 Å². The quantitative estimate of drug-likeness (QED) is 0.183. The highest BCUT2D eigenvalue weighted by Gasteiger charge is 2.60. The number of thioether (sulfide) groups is 1. The lowest BCUT2D eigenvalue weighted by atomic mass is 9.61. The lowest BCUT2D eigenvalue weighted by Gasteiger charge is -2.40. The van der Waals surface area contributed by atoms with Crippen LogP contribution in [0.2, 0.25) is 0 Å². The van der Waals surface area contributed by atoms with E-state index in [0.717, 1.165) is 15.7 Å². The van der Waals surface area contributed by atoms with Gasteiger partial charge in [-0.3, -0.25) is 14.4 Å². The van der Waals surface area contributed by atoms with Gasteiger partial charge in [0.15, 0.2) is 17.0 Å². The molecule has 0 saturated carbocycles. The van der Waals surface area contributed by atoms with E-state index in [1.807, 2.05) is 72.8 Å². The number of carbonyl (C=O) groups excluding carboxylic acids is 3. The van der Waals surface area contributed by atoms with E-state index >= 15 is 0 Å². The maximum atomic E-state index is 14.2. The van der Waals surface area contributed by atoms with Gasteiger partial charge in [-0.25, -0.2) is 0 Å². The predicted octanol–water partition coefficient (Wildman–Crippen LogP) is 6.34. The Morgan fingerprint density at radius 2 is 1.49 bits per heavy atom. The highest BCUT2D eigenvalue weighted by atomic mass is 32.2. The van der Waals surface area contributed by atoms with E-state index in [2.05, 4.69) is 0 Å². The largest absolute Gasteiger partial charge is 0.465 e. The summed E-state index contributed by atoms with van der Waals surface area (Å²) in [4.78, 5) is 42.9. The van der Waals surface area contributed by atoms with Crippen molar-refractivity contribution in [2.24, 2.45) is 5.41 Å². The highest BCUT2D eigenvalue weighted by Crippen LogP contribution is 2.50. The first-order chi connectivity index (χ1) is 17.1.